The van der Waals surface area contributed by atoms with E-state index in [4.69, 9.17) is 16.2 Å². The third-order valence-electron chi connectivity index (χ3n) is 10.3. The predicted molar refractivity (Wildman–Crippen MR) is 222 cm³/mol. The standard InChI is InChI=1S/C45H54N6O7/c46-25-13-11-23-37(41(52)50-39(27-30-15-3-1-4-16-30)42(53)49-38(44(55)56)24-12-14-26-47)48-43(54)40(28-31-17-5-2-6-18-31)51-45(57)58-29-36-34-21-9-7-19-32(34)33-20-8-10-22-35(33)36/h1-10,15-22,36-40H,11-14,23-29,46-47H2,(H,48,54)(H,49,53)(H,50,52)(H,51,57)(H,55,56). The second kappa shape index (κ2) is 22.0. The molecule has 5 rings (SSSR count). The van der Waals surface area contributed by atoms with Gasteiger partial charge in [0.1, 0.15) is 30.8 Å². The lowest BCUT2D eigenvalue weighted by atomic mass is 9.98. The van der Waals surface area contributed by atoms with E-state index in [1.54, 1.807) is 24.3 Å². The van der Waals surface area contributed by atoms with Gasteiger partial charge in [-0.25, -0.2) is 9.59 Å². The van der Waals surface area contributed by atoms with Crippen molar-refractivity contribution in [1.82, 2.24) is 21.3 Å². The smallest absolute Gasteiger partial charge is 0.407 e. The topological polar surface area (TPSA) is 215 Å². The zero-order valence-electron chi connectivity index (χ0n) is 32.6. The highest BCUT2D eigenvalue weighted by molar-refractivity contribution is 5.95. The number of carboxylic acids is 1. The molecule has 306 valence electrons. The second-order valence-electron chi connectivity index (χ2n) is 14.5. The normalized spacial score (nSPS) is 13.8. The van der Waals surface area contributed by atoms with E-state index in [1.807, 2.05) is 84.9 Å². The Bertz CT molecular complexity index is 1930. The van der Waals surface area contributed by atoms with Crippen LogP contribution in [0.3, 0.4) is 0 Å². The average Bonchev–Trinajstić information content (AvgIpc) is 3.55. The number of rotatable bonds is 22. The molecule has 0 heterocycles. The highest BCUT2D eigenvalue weighted by atomic mass is 16.5. The first-order valence-electron chi connectivity index (χ1n) is 19.9. The van der Waals surface area contributed by atoms with E-state index in [2.05, 4.69) is 21.3 Å². The maximum Gasteiger partial charge on any atom is 0.407 e. The molecule has 0 fully saturated rings. The molecule has 9 N–H and O–H groups in total. The minimum atomic E-state index is -1.20. The summed E-state index contributed by atoms with van der Waals surface area (Å²) in [5, 5.41) is 20.8. The maximum absolute atomic E-state index is 14.1. The lowest BCUT2D eigenvalue weighted by Crippen LogP contribution is -2.58. The predicted octanol–water partition coefficient (Wildman–Crippen LogP) is 4.18. The molecular weight excluding hydrogens is 737 g/mol. The van der Waals surface area contributed by atoms with Crippen molar-refractivity contribution >= 4 is 29.8 Å². The molecule has 13 nitrogen and oxygen atoms in total. The number of carbonyl (C=O) groups excluding carboxylic acids is 4. The number of hydrogen-bond donors (Lipinski definition) is 7. The van der Waals surface area contributed by atoms with E-state index in [9.17, 15) is 29.1 Å². The monoisotopic (exact) mass is 790 g/mol. The highest BCUT2D eigenvalue weighted by Gasteiger charge is 2.33. The first-order valence-corrected chi connectivity index (χ1v) is 19.9. The fraction of sp³-hybridized carbons (Fsp3) is 0.356. The van der Waals surface area contributed by atoms with Crippen molar-refractivity contribution in [1.29, 1.82) is 0 Å². The number of amides is 4. The largest absolute Gasteiger partial charge is 0.480 e. The quantitative estimate of drug-likeness (QED) is 0.0568. The molecule has 4 atom stereocenters. The van der Waals surface area contributed by atoms with Gasteiger partial charge in [-0.2, -0.15) is 0 Å². The molecule has 0 spiro atoms. The molecule has 4 aromatic rings. The molecule has 0 saturated carbocycles. The van der Waals surface area contributed by atoms with E-state index in [1.165, 1.54) is 0 Å². The van der Waals surface area contributed by atoms with Crippen LogP contribution in [0.2, 0.25) is 0 Å². The molecule has 4 aromatic carbocycles. The van der Waals surface area contributed by atoms with Crippen LogP contribution in [0.1, 0.15) is 66.7 Å². The summed E-state index contributed by atoms with van der Waals surface area (Å²) in [6.45, 7) is 0.796. The molecular formula is C45H54N6O7. The van der Waals surface area contributed by atoms with Crippen LogP contribution in [-0.2, 0) is 36.8 Å². The van der Waals surface area contributed by atoms with Crippen molar-refractivity contribution in [3.63, 3.8) is 0 Å². The third kappa shape index (κ3) is 12.2. The van der Waals surface area contributed by atoms with Gasteiger partial charge >= 0.3 is 12.1 Å². The number of carbonyl (C=O) groups is 5. The lowest BCUT2D eigenvalue weighted by molar-refractivity contribution is -0.142. The van der Waals surface area contributed by atoms with Gasteiger partial charge in [0.05, 0.1) is 0 Å². The zero-order valence-corrected chi connectivity index (χ0v) is 32.6. The van der Waals surface area contributed by atoms with Gasteiger partial charge in [0.25, 0.3) is 0 Å². The number of nitrogens with two attached hydrogens (primary N) is 2. The van der Waals surface area contributed by atoms with E-state index in [-0.39, 0.29) is 38.2 Å². The molecule has 4 amide bonds. The SMILES string of the molecule is NCCCCC(NC(=O)C(Cc1ccccc1)NC(=O)C(CCCCN)NC(=O)C(Cc1ccccc1)NC(=O)OCC1c2ccccc2-c2ccccc21)C(=O)O. The van der Waals surface area contributed by atoms with E-state index >= 15 is 0 Å². The van der Waals surface area contributed by atoms with Gasteiger partial charge in [0.15, 0.2) is 0 Å². The Morgan fingerprint density at radius 3 is 1.45 bits per heavy atom. The molecule has 4 unspecified atom stereocenters. The van der Waals surface area contributed by atoms with Crippen molar-refractivity contribution in [2.45, 2.75) is 81.5 Å². The summed E-state index contributed by atoms with van der Waals surface area (Å²) in [5.74, 6) is -3.33. The van der Waals surface area contributed by atoms with Crippen molar-refractivity contribution in [3.8, 4) is 11.1 Å². The number of benzene rings is 4. The van der Waals surface area contributed by atoms with Crippen molar-refractivity contribution < 1.29 is 33.8 Å². The summed E-state index contributed by atoms with van der Waals surface area (Å²) in [6, 6.07) is 29.5. The van der Waals surface area contributed by atoms with Crippen LogP contribution >= 0.6 is 0 Å². The summed E-state index contributed by atoms with van der Waals surface area (Å²) >= 11 is 0. The Morgan fingerprint density at radius 2 is 0.948 bits per heavy atom. The summed E-state index contributed by atoms with van der Waals surface area (Å²) in [7, 11) is 0. The van der Waals surface area contributed by atoms with Crippen LogP contribution in [0.25, 0.3) is 11.1 Å². The van der Waals surface area contributed by atoms with Crippen LogP contribution in [0.15, 0.2) is 109 Å². The van der Waals surface area contributed by atoms with Gasteiger partial charge in [-0.1, -0.05) is 109 Å². The van der Waals surface area contributed by atoms with Gasteiger partial charge in [-0.3, -0.25) is 14.4 Å². The third-order valence-corrected chi connectivity index (χ3v) is 10.3. The Hall–Kier alpha value is -6.05. The number of carboxylic acid groups (broad SMARTS) is 1. The molecule has 58 heavy (non-hydrogen) atoms. The van der Waals surface area contributed by atoms with Crippen molar-refractivity contribution in [3.05, 3.63) is 131 Å². The lowest BCUT2D eigenvalue weighted by Gasteiger charge is -2.26. The first-order chi connectivity index (χ1) is 28.2. The number of fused-ring (bicyclic) bond motifs is 3. The molecule has 0 saturated heterocycles. The number of ether oxygens (including phenoxy) is 1. The molecule has 0 aliphatic heterocycles. The molecule has 0 radical (unpaired) electrons. The minimum Gasteiger partial charge on any atom is -0.480 e. The van der Waals surface area contributed by atoms with Crippen LogP contribution in [0.4, 0.5) is 4.79 Å². The van der Waals surface area contributed by atoms with Gasteiger partial charge in [-0.05, 0) is 85.0 Å². The number of unbranched alkanes of at least 4 members (excludes halogenated alkanes) is 2. The fourth-order valence-electron chi connectivity index (χ4n) is 7.23. The molecule has 0 aromatic heterocycles. The zero-order chi connectivity index (χ0) is 41.3. The van der Waals surface area contributed by atoms with Crippen LogP contribution in [-0.4, -0.2) is 78.8 Å². The Balaban J connectivity index is 1.32. The van der Waals surface area contributed by atoms with Crippen LogP contribution in [0.5, 0.6) is 0 Å². The van der Waals surface area contributed by atoms with E-state index < -0.39 is 54.0 Å². The van der Waals surface area contributed by atoms with E-state index in [0.717, 1.165) is 33.4 Å². The summed E-state index contributed by atoms with van der Waals surface area (Å²) in [5.41, 5.74) is 17.1. The summed E-state index contributed by atoms with van der Waals surface area (Å²) in [6.07, 6.45) is 1.88. The Labute approximate surface area is 339 Å². The number of nitrogens with one attached hydrogen (secondary N) is 4. The van der Waals surface area contributed by atoms with E-state index in [0.29, 0.717) is 38.8 Å². The average molecular weight is 791 g/mol. The molecule has 1 aliphatic rings. The first kappa shape index (κ1) is 43.1. The van der Waals surface area contributed by atoms with Crippen molar-refractivity contribution in [2.24, 2.45) is 11.5 Å². The maximum atomic E-state index is 14.1. The van der Waals surface area contributed by atoms with Crippen molar-refractivity contribution in [2.75, 3.05) is 19.7 Å². The number of alkyl carbamates (subject to hydrolysis) is 1. The van der Waals surface area contributed by atoms with Crippen LogP contribution in [0, 0.1) is 0 Å². The highest BCUT2D eigenvalue weighted by Crippen LogP contribution is 2.44. The Kier molecular flexibility index (Phi) is 16.4. The number of hydrogen-bond acceptors (Lipinski definition) is 8. The van der Waals surface area contributed by atoms with Gasteiger partial charge < -0.3 is 42.6 Å². The molecule has 0 bridgehead atoms. The van der Waals surface area contributed by atoms with Gasteiger partial charge in [-0.15, -0.1) is 0 Å². The number of aliphatic carboxylic acids is 1. The second-order valence-corrected chi connectivity index (χ2v) is 14.5. The van der Waals surface area contributed by atoms with Crippen LogP contribution < -0.4 is 32.7 Å². The summed E-state index contributed by atoms with van der Waals surface area (Å²) < 4.78 is 5.79. The summed E-state index contributed by atoms with van der Waals surface area (Å²) in [4.78, 5) is 67.4. The van der Waals surface area contributed by atoms with Gasteiger partial charge in [0.2, 0.25) is 17.7 Å². The molecule has 13 heteroatoms. The minimum absolute atomic E-state index is 0.0459. The van der Waals surface area contributed by atoms with Gasteiger partial charge in [0, 0.05) is 18.8 Å². The Morgan fingerprint density at radius 1 is 0.534 bits per heavy atom. The fourth-order valence-corrected chi connectivity index (χ4v) is 7.23. The molecule has 1 aliphatic carbocycles.